The number of hydrogen-bond donors (Lipinski definition) is 0. The second kappa shape index (κ2) is 9.77. The molecule has 0 radical (unpaired) electrons. The van der Waals surface area contributed by atoms with Crippen LogP contribution < -0.4 is 4.90 Å². The summed E-state index contributed by atoms with van der Waals surface area (Å²) in [5.41, 5.74) is 3.40. The van der Waals surface area contributed by atoms with Gasteiger partial charge in [-0.05, 0) is 76.3 Å². The molecule has 0 bridgehead atoms. The molecule has 29 heavy (non-hydrogen) atoms. The Morgan fingerprint density at radius 2 is 1.69 bits per heavy atom. The van der Waals surface area contributed by atoms with Gasteiger partial charge in [0.15, 0.2) is 0 Å². The van der Waals surface area contributed by atoms with E-state index >= 15 is 0 Å². The third kappa shape index (κ3) is 5.21. The maximum atomic E-state index is 13.6. The van der Waals surface area contributed by atoms with E-state index in [9.17, 15) is 4.79 Å². The Bertz CT molecular complexity index is 808. The van der Waals surface area contributed by atoms with Crippen LogP contribution in [0.3, 0.4) is 0 Å². The molecule has 0 aromatic heterocycles. The molecule has 0 spiro atoms. The third-order valence-corrected chi connectivity index (χ3v) is 6.20. The first kappa shape index (κ1) is 21.9. The molecule has 2 aromatic carbocycles. The summed E-state index contributed by atoms with van der Waals surface area (Å²) in [4.78, 5) is 18.1. The zero-order valence-electron chi connectivity index (χ0n) is 18.1. The number of hydrogen-bond acceptors (Lipinski definition) is 2. The number of para-hydroxylation sites is 1. The van der Waals surface area contributed by atoms with Crippen molar-refractivity contribution in [3.63, 3.8) is 0 Å². The van der Waals surface area contributed by atoms with E-state index in [0.29, 0.717) is 17.1 Å². The average Bonchev–Trinajstić information content (AvgIpc) is 2.82. The zero-order chi connectivity index (χ0) is 21.0. The fraction of sp³-hybridized carbons (Fsp3) is 0.480. The average molecular weight is 413 g/mol. The molecule has 1 aliphatic heterocycles. The standard InChI is InChI=1S/C25H33ClN2O/c1-18(2)27(19(3)4)16-7-17-28-24-9-6-5-8-21(24)12-15-23(25(28)29)20-10-13-22(26)14-11-20/h5-6,8-11,13-14,18-19,23H,7,12,15-17H2,1-4H3. The monoisotopic (exact) mass is 412 g/mol. The van der Waals surface area contributed by atoms with Crippen LogP contribution in [0.4, 0.5) is 5.69 Å². The smallest absolute Gasteiger partial charge is 0.234 e. The Morgan fingerprint density at radius 3 is 2.34 bits per heavy atom. The Balaban J connectivity index is 1.83. The largest absolute Gasteiger partial charge is 0.312 e. The van der Waals surface area contributed by atoms with Crippen LogP contribution in [0.25, 0.3) is 0 Å². The van der Waals surface area contributed by atoms with E-state index in [1.807, 2.05) is 35.2 Å². The summed E-state index contributed by atoms with van der Waals surface area (Å²) in [5, 5.41) is 0.706. The number of carbonyl (C=O) groups is 1. The van der Waals surface area contributed by atoms with Gasteiger partial charge in [0, 0.05) is 35.9 Å². The summed E-state index contributed by atoms with van der Waals surface area (Å²) in [6, 6.07) is 17.1. The van der Waals surface area contributed by atoms with Crippen LogP contribution in [0.5, 0.6) is 0 Å². The van der Waals surface area contributed by atoms with Crippen LogP contribution in [0.2, 0.25) is 5.02 Å². The molecule has 3 nitrogen and oxygen atoms in total. The number of rotatable bonds is 7. The van der Waals surface area contributed by atoms with E-state index in [4.69, 9.17) is 11.6 Å². The van der Waals surface area contributed by atoms with Crippen molar-refractivity contribution >= 4 is 23.2 Å². The van der Waals surface area contributed by atoms with Gasteiger partial charge in [-0.2, -0.15) is 0 Å². The molecule has 2 aromatic rings. The highest BCUT2D eigenvalue weighted by Crippen LogP contribution is 2.34. The van der Waals surface area contributed by atoms with Gasteiger partial charge in [-0.3, -0.25) is 9.69 Å². The highest BCUT2D eigenvalue weighted by molar-refractivity contribution is 6.30. The van der Waals surface area contributed by atoms with Crippen molar-refractivity contribution in [3.05, 3.63) is 64.7 Å². The maximum Gasteiger partial charge on any atom is 0.234 e. The molecular formula is C25H33ClN2O. The molecule has 0 saturated carbocycles. The number of carbonyl (C=O) groups excluding carboxylic acids is 1. The van der Waals surface area contributed by atoms with Crippen molar-refractivity contribution < 1.29 is 4.79 Å². The molecule has 0 aliphatic carbocycles. The second-order valence-corrected chi connectivity index (χ2v) is 8.98. The zero-order valence-corrected chi connectivity index (χ0v) is 18.8. The van der Waals surface area contributed by atoms with Gasteiger partial charge in [0.1, 0.15) is 0 Å². The van der Waals surface area contributed by atoms with Crippen LogP contribution in [-0.4, -0.2) is 36.0 Å². The molecule has 0 N–H and O–H groups in total. The lowest BCUT2D eigenvalue weighted by atomic mass is 9.93. The summed E-state index contributed by atoms with van der Waals surface area (Å²) >= 11 is 6.07. The van der Waals surface area contributed by atoms with Crippen molar-refractivity contribution in [3.8, 4) is 0 Å². The number of anilines is 1. The Labute approximate surface area is 180 Å². The molecule has 3 rings (SSSR count). The highest BCUT2D eigenvalue weighted by atomic mass is 35.5. The SMILES string of the molecule is CC(C)N(CCCN1C(=O)C(c2ccc(Cl)cc2)CCc2ccccc21)C(C)C. The van der Waals surface area contributed by atoms with Crippen molar-refractivity contribution in [1.29, 1.82) is 0 Å². The van der Waals surface area contributed by atoms with Gasteiger partial charge in [-0.1, -0.05) is 41.9 Å². The third-order valence-electron chi connectivity index (χ3n) is 5.95. The molecule has 1 unspecified atom stereocenters. The Morgan fingerprint density at radius 1 is 1.03 bits per heavy atom. The predicted molar refractivity (Wildman–Crippen MR) is 123 cm³/mol. The fourth-order valence-electron chi connectivity index (χ4n) is 4.47. The van der Waals surface area contributed by atoms with Gasteiger partial charge in [0.05, 0.1) is 5.92 Å². The van der Waals surface area contributed by atoms with Crippen LogP contribution in [0.15, 0.2) is 48.5 Å². The highest BCUT2D eigenvalue weighted by Gasteiger charge is 2.31. The number of halogens is 1. The lowest BCUT2D eigenvalue weighted by molar-refractivity contribution is -0.120. The molecule has 156 valence electrons. The molecule has 1 amide bonds. The Hall–Kier alpha value is -1.84. The van der Waals surface area contributed by atoms with Gasteiger partial charge >= 0.3 is 0 Å². The van der Waals surface area contributed by atoms with Crippen molar-refractivity contribution in [2.75, 3.05) is 18.0 Å². The van der Waals surface area contributed by atoms with E-state index in [-0.39, 0.29) is 11.8 Å². The van der Waals surface area contributed by atoms with E-state index in [0.717, 1.165) is 43.6 Å². The topological polar surface area (TPSA) is 23.6 Å². The maximum absolute atomic E-state index is 13.6. The lowest BCUT2D eigenvalue weighted by Gasteiger charge is -2.32. The summed E-state index contributed by atoms with van der Waals surface area (Å²) in [6.07, 6.45) is 2.71. The summed E-state index contributed by atoms with van der Waals surface area (Å²) < 4.78 is 0. The lowest BCUT2D eigenvalue weighted by Crippen LogP contribution is -2.40. The first-order valence-electron chi connectivity index (χ1n) is 10.8. The van der Waals surface area contributed by atoms with E-state index in [1.54, 1.807) is 0 Å². The number of benzene rings is 2. The molecule has 1 atom stereocenters. The van der Waals surface area contributed by atoms with Crippen LogP contribution in [0.1, 0.15) is 57.6 Å². The molecule has 1 aliphatic rings. The van der Waals surface area contributed by atoms with Crippen molar-refractivity contribution in [2.45, 2.75) is 65.0 Å². The van der Waals surface area contributed by atoms with Gasteiger partial charge < -0.3 is 4.90 Å². The van der Waals surface area contributed by atoms with Gasteiger partial charge in [0.25, 0.3) is 0 Å². The first-order valence-corrected chi connectivity index (χ1v) is 11.2. The van der Waals surface area contributed by atoms with E-state index in [1.165, 1.54) is 5.56 Å². The minimum atomic E-state index is -0.119. The molecule has 4 heteroatoms. The van der Waals surface area contributed by atoms with Crippen molar-refractivity contribution in [2.24, 2.45) is 0 Å². The number of aryl methyl sites for hydroxylation is 1. The minimum absolute atomic E-state index is 0.119. The predicted octanol–water partition coefficient (Wildman–Crippen LogP) is 5.91. The molecule has 0 saturated heterocycles. The normalized spacial score (nSPS) is 17.2. The van der Waals surface area contributed by atoms with E-state index < -0.39 is 0 Å². The summed E-state index contributed by atoms with van der Waals surface area (Å²) in [5.74, 6) is 0.0869. The molecule has 0 fully saturated rings. The summed E-state index contributed by atoms with van der Waals surface area (Å²) in [6.45, 7) is 10.7. The van der Waals surface area contributed by atoms with Gasteiger partial charge in [-0.15, -0.1) is 0 Å². The van der Waals surface area contributed by atoms with Crippen LogP contribution >= 0.6 is 11.6 Å². The van der Waals surface area contributed by atoms with E-state index in [2.05, 4.69) is 50.8 Å². The number of fused-ring (bicyclic) bond motifs is 1. The quantitative estimate of drug-likeness (QED) is 0.564. The van der Waals surface area contributed by atoms with Gasteiger partial charge in [0.2, 0.25) is 5.91 Å². The van der Waals surface area contributed by atoms with Crippen LogP contribution in [-0.2, 0) is 11.2 Å². The Kier molecular flexibility index (Phi) is 7.37. The van der Waals surface area contributed by atoms with Gasteiger partial charge in [-0.25, -0.2) is 0 Å². The van der Waals surface area contributed by atoms with Crippen molar-refractivity contribution in [1.82, 2.24) is 4.90 Å². The fourth-order valence-corrected chi connectivity index (χ4v) is 4.60. The second-order valence-electron chi connectivity index (χ2n) is 8.54. The summed E-state index contributed by atoms with van der Waals surface area (Å²) in [7, 11) is 0. The minimum Gasteiger partial charge on any atom is -0.312 e. The molecule has 1 heterocycles. The molecular weight excluding hydrogens is 380 g/mol. The first-order chi connectivity index (χ1) is 13.9. The van der Waals surface area contributed by atoms with Crippen LogP contribution in [0, 0.1) is 0 Å². The number of nitrogens with zero attached hydrogens (tertiary/aromatic N) is 2. The number of amides is 1.